The smallest absolute Gasteiger partial charge is 0.335 e. The van der Waals surface area contributed by atoms with Gasteiger partial charge in [-0.15, -0.1) is 0 Å². The quantitative estimate of drug-likeness (QED) is 0.610. The molecule has 0 amide bonds. The van der Waals surface area contributed by atoms with E-state index < -0.39 is 22.0 Å². The molecule has 2 aromatic carbocycles. The lowest BCUT2D eigenvalue weighted by Crippen LogP contribution is -2.33. The second kappa shape index (κ2) is 8.14. The highest BCUT2D eigenvalue weighted by molar-refractivity contribution is 9.10. The van der Waals surface area contributed by atoms with Crippen LogP contribution in [0.2, 0.25) is 5.02 Å². The molecular formula is C19H17BrClNO4S. The molecule has 2 aromatic rings. The first-order valence-corrected chi connectivity index (χ1v) is 10.9. The van der Waals surface area contributed by atoms with Crippen molar-refractivity contribution in [3.8, 4) is 0 Å². The number of rotatable bonds is 5. The molecular weight excluding hydrogens is 454 g/mol. The molecule has 142 valence electrons. The van der Waals surface area contributed by atoms with Gasteiger partial charge >= 0.3 is 5.97 Å². The minimum atomic E-state index is -3.85. The minimum Gasteiger partial charge on any atom is -0.463 e. The highest BCUT2D eigenvalue weighted by atomic mass is 79.9. The second-order valence-electron chi connectivity index (χ2n) is 5.87. The zero-order chi connectivity index (χ0) is 19.6. The van der Waals surface area contributed by atoms with E-state index in [0.717, 1.165) is 4.47 Å². The van der Waals surface area contributed by atoms with E-state index in [-0.39, 0.29) is 18.0 Å². The van der Waals surface area contributed by atoms with E-state index in [1.807, 2.05) is 6.07 Å². The standard InChI is InChI=1S/C19H17BrClNO4S/c1-2-26-19(23)17-10-11-22(18(17)13-4-3-5-14(20)12-13)27(24,25)16-8-6-15(21)7-9-16/h3-10,12,18H,2,11H2,1H3. The number of sulfonamides is 1. The Morgan fingerprint density at radius 1 is 1.26 bits per heavy atom. The average Bonchev–Trinajstić information content (AvgIpc) is 3.08. The summed E-state index contributed by atoms with van der Waals surface area (Å²) in [7, 11) is -3.85. The van der Waals surface area contributed by atoms with Crippen molar-refractivity contribution in [2.75, 3.05) is 13.2 Å². The molecule has 0 saturated heterocycles. The van der Waals surface area contributed by atoms with Crippen LogP contribution >= 0.6 is 27.5 Å². The van der Waals surface area contributed by atoms with E-state index in [1.165, 1.54) is 28.6 Å². The van der Waals surface area contributed by atoms with Crippen molar-refractivity contribution in [2.24, 2.45) is 0 Å². The van der Waals surface area contributed by atoms with Gasteiger partial charge in [0, 0.05) is 16.0 Å². The second-order valence-corrected chi connectivity index (χ2v) is 9.11. The fourth-order valence-corrected chi connectivity index (χ4v) is 5.05. The minimum absolute atomic E-state index is 0.0797. The number of carbonyl (C=O) groups excluding carboxylic acids is 1. The molecule has 0 aliphatic carbocycles. The molecule has 8 heteroatoms. The van der Waals surface area contributed by atoms with Gasteiger partial charge in [0.05, 0.1) is 23.1 Å². The summed E-state index contributed by atoms with van der Waals surface area (Å²) in [4.78, 5) is 12.5. The molecule has 27 heavy (non-hydrogen) atoms. The van der Waals surface area contributed by atoms with Gasteiger partial charge in [0.1, 0.15) is 0 Å². The van der Waals surface area contributed by atoms with Gasteiger partial charge in [-0.1, -0.05) is 45.7 Å². The number of esters is 1. The van der Waals surface area contributed by atoms with Crippen LogP contribution in [0, 0.1) is 0 Å². The van der Waals surface area contributed by atoms with Crippen LogP contribution in [0.1, 0.15) is 18.5 Å². The molecule has 0 N–H and O–H groups in total. The highest BCUT2D eigenvalue weighted by Gasteiger charge is 2.41. The van der Waals surface area contributed by atoms with Gasteiger partial charge in [0.15, 0.2) is 0 Å². The Labute approximate surface area is 171 Å². The molecule has 1 atom stereocenters. The highest BCUT2D eigenvalue weighted by Crippen LogP contribution is 2.39. The van der Waals surface area contributed by atoms with E-state index in [2.05, 4.69) is 15.9 Å². The topological polar surface area (TPSA) is 63.7 Å². The summed E-state index contributed by atoms with van der Waals surface area (Å²) in [5.41, 5.74) is 0.992. The van der Waals surface area contributed by atoms with Gasteiger partial charge in [-0.2, -0.15) is 4.31 Å². The maximum Gasteiger partial charge on any atom is 0.335 e. The van der Waals surface area contributed by atoms with Crippen LogP contribution in [0.4, 0.5) is 0 Å². The third-order valence-electron chi connectivity index (χ3n) is 4.17. The molecule has 1 aliphatic heterocycles. The first-order chi connectivity index (χ1) is 12.8. The Morgan fingerprint density at radius 2 is 1.96 bits per heavy atom. The van der Waals surface area contributed by atoms with Crippen molar-refractivity contribution in [1.82, 2.24) is 4.31 Å². The summed E-state index contributed by atoms with van der Waals surface area (Å²) < 4.78 is 33.7. The molecule has 0 fully saturated rings. The van der Waals surface area contributed by atoms with E-state index in [1.54, 1.807) is 31.2 Å². The van der Waals surface area contributed by atoms with E-state index >= 15 is 0 Å². The Hall–Kier alpha value is -1.67. The predicted octanol–water partition coefficient (Wildman–Crippen LogP) is 4.34. The lowest BCUT2D eigenvalue weighted by Gasteiger charge is -2.26. The normalized spacial score (nSPS) is 17.6. The van der Waals surface area contributed by atoms with Gasteiger partial charge in [0.25, 0.3) is 0 Å². The molecule has 0 saturated carbocycles. The number of hydrogen-bond donors (Lipinski definition) is 0. The molecule has 5 nitrogen and oxygen atoms in total. The fourth-order valence-electron chi connectivity index (χ4n) is 2.97. The van der Waals surface area contributed by atoms with Crippen molar-refractivity contribution in [3.05, 3.63) is 75.2 Å². The molecule has 1 aliphatic rings. The van der Waals surface area contributed by atoms with Crippen LogP contribution in [0.15, 0.2) is 69.5 Å². The van der Waals surface area contributed by atoms with Crippen LogP contribution in [-0.4, -0.2) is 31.8 Å². The van der Waals surface area contributed by atoms with Gasteiger partial charge in [-0.05, 0) is 48.9 Å². The summed E-state index contributed by atoms with van der Waals surface area (Å²) in [6.07, 6.45) is 1.61. The van der Waals surface area contributed by atoms with E-state index in [9.17, 15) is 13.2 Å². The monoisotopic (exact) mass is 469 g/mol. The molecule has 0 bridgehead atoms. The molecule has 3 rings (SSSR count). The predicted molar refractivity (Wildman–Crippen MR) is 107 cm³/mol. The van der Waals surface area contributed by atoms with E-state index in [0.29, 0.717) is 16.2 Å². The number of ether oxygens (including phenoxy) is 1. The van der Waals surface area contributed by atoms with Crippen molar-refractivity contribution in [3.63, 3.8) is 0 Å². The largest absolute Gasteiger partial charge is 0.463 e. The molecule has 1 unspecified atom stereocenters. The lowest BCUT2D eigenvalue weighted by atomic mass is 10.0. The third kappa shape index (κ3) is 4.11. The number of carbonyl (C=O) groups is 1. The van der Waals surface area contributed by atoms with Crippen LogP contribution in [0.25, 0.3) is 0 Å². The van der Waals surface area contributed by atoms with Gasteiger partial charge in [0.2, 0.25) is 10.0 Å². The fraction of sp³-hybridized carbons (Fsp3) is 0.211. The maximum absolute atomic E-state index is 13.2. The van der Waals surface area contributed by atoms with Gasteiger partial charge in [-0.3, -0.25) is 0 Å². The number of halogens is 2. The van der Waals surface area contributed by atoms with Crippen molar-refractivity contribution < 1.29 is 17.9 Å². The molecule has 0 spiro atoms. The zero-order valence-electron chi connectivity index (χ0n) is 14.4. The van der Waals surface area contributed by atoms with Crippen molar-refractivity contribution >= 4 is 43.5 Å². The lowest BCUT2D eigenvalue weighted by molar-refractivity contribution is -0.138. The average molecular weight is 471 g/mol. The van der Waals surface area contributed by atoms with Crippen molar-refractivity contribution in [1.29, 1.82) is 0 Å². The SMILES string of the molecule is CCOC(=O)C1=CCN(S(=O)(=O)c2ccc(Cl)cc2)C1c1cccc(Br)c1. The summed E-state index contributed by atoms with van der Waals surface area (Å²) in [5, 5.41) is 0.448. The van der Waals surface area contributed by atoms with Crippen LogP contribution < -0.4 is 0 Å². The summed E-state index contributed by atoms with van der Waals surface area (Å²) >= 11 is 9.28. The van der Waals surface area contributed by atoms with Crippen LogP contribution in [0.5, 0.6) is 0 Å². The number of nitrogens with zero attached hydrogens (tertiary/aromatic N) is 1. The zero-order valence-corrected chi connectivity index (χ0v) is 17.6. The number of hydrogen-bond acceptors (Lipinski definition) is 4. The van der Waals surface area contributed by atoms with E-state index in [4.69, 9.17) is 16.3 Å². The van der Waals surface area contributed by atoms with Gasteiger partial charge < -0.3 is 4.74 Å². The summed E-state index contributed by atoms with van der Waals surface area (Å²) in [6.45, 7) is 2.01. The Balaban J connectivity index is 2.06. The maximum atomic E-state index is 13.2. The van der Waals surface area contributed by atoms with Crippen LogP contribution in [-0.2, 0) is 19.6 Å². The Kier molecular flexibility index (Phi) is 6.05. The first kappa shape index (κ1) is 20.1. The molecule has 0 aromatic heterocycles. The summed E-state index contributed by atoms with van der Waals surface area (Å²) in [6, 6.07) is 12.4. The number of benzene rings is 2. The molecule has 1 heterocycles. The van der Waals surface area contributed by atoms with Gasteiger partial charge in [-0.25, -0.2) is 13.2 Å². The van der Waals surface area contributed by atoms with Crippen molar-refractivity contribution in [2.45, 2.75) is 17.9 Å². The Bertz CT molecular complexity index is 989. The van der Waals surface area contributed by atoms with Crippen LogP contribution in [0.3, 0.4) is 0 Å². The Morgan fingerprint density at radius 3 is 2.59 bits per heavy atom. The summed E-state index contributed by atoms with van der Waals surface area (Å²) in [5.74, 6) is -0.517. The first-order valence-electron chi connectivity index (χ1n) is 8.24. The molecule has 0 radical (unpaired) electrons. The third-order valence-corrected chi connectivity index (χ3v) is 6.76.